The van der Waals surface area contributed by atoms with Crippen molar-refractivity contribution in [3.05, 3.63) is 30.1 Å². The first-order valence-electron chi connectivity index (χ1n) is 7.94. The smallest absolute Gasteiger partial charge is 0.123 e. The highest BCUT2D eigenvalue weighted by molar-refractivity contribution is 5.46. The second-order valence-electron chi connectivity index (χ2n) is 7.26. The average molecular weight is 294 g/mol. The number of anilines is 1. The molecule has 1 aromatic rings. The molecular weight excluding hydrogens is 263 g/mol. The van der Waals surface area contributed by atoms with Gasteiger partial charge in [0.1, 0.15) is 5.82 Å². The number of hydrogen-bond acceptors (Lipinski definition) is 2. The zero-order chi connectivity index (χ0) is 16.1. The van der Waals surface area contributed by atoms with Crippen molar-refractivity contribution < 1.29 is 4.39 Å². The standard InChI is InChI=1S/C18H31FN2/c1-7-18(6,13-20-17(3,4)5)14-21(8-2)16-11-9-15(19)10-12-16/h9-12,20H,7-8,13-14H2,1-6H3. The average Bonchev–Trinajstić information content (AvgIpc) is 2.43. The highest BCUT2D eigenvalue weighted by atomic mass is 19.1. The fraction of sp³-hybridized carbons (Fsp3) is 0.667. The van der Waals surface area contributed by atoms with Crippen LogP contribution in [0, 0.1) is 11.2 Å². The Morgan fingerprint density at radius 3 is 2.05 bits per heavy atom. The second-order valence-corrected chi connectivity index (χ2v) is 7.26. The first-order chi connectivity index (χ1) is 9.69. The van der Waals surface area contributed by atoms with Gasteiger partial charge in [0, 0.05) is 30.9 Å². The van der Waals surface area contributed by atoms with Gasteiger partial charge in [-0.1, -0.05) is 13.8 Å². The maximum absolute atomic E-state index is 13.1. The Labute approximate surface area is 129 Å². The van der Waals surface area contributed by atoms with Gasteiger partial charge in [-0.3, -0.25) is 0 Å². The quantitative estimate of drug-likeness (QED) is 0.799. The molecule has 1 rings (SSSR count). The van der Waals surface area contributed by atoms with Crippen LogP contribution in [-0.4, -0.2) is 25.2 Å². The SMILES string of the molecule is CCN(CC(C)(CC)CNC(C)(C)C)c1ccc(F)cc1. The highest BCUT2D eigenvalue weighted by Gasteiger charge is 2.26. The number of rotatable bonds is 7. The molecule has 1 N–H and O–H groups in total. The van der Waals surface area contributed by atoms with Crippen LogP contribution < -0.4 is 10.2 Å². The van der Waals surface area contributed by atoms with Crippen LogP contribution in [0.15, 0.2) is 24.3 Å². The fourth-order valence-electron chi connectivity index (χ4n) is 2.27. The molecule has 1 unspecified atom stereocenters. The molecule has 0 aliphatic carbocycles. The van der Waals surface area contributed by atoms with Crippen LogP contribution in [0.1, 0.15) is 48.0 Å². The molecule has 120 valence electrons. The lowest BCUT2D eigenvalue weighted by molar-refractivity contribution is 0.260. The fourth-order valence-corrected chi connectivity index (χ4v) is 2.27. The van der Waals surface area contributed by atoms with E-state index in [4.69, 9.17) is 0 Å². The Morgan fingerprint density at radius 1 is 1.05 bits per heavy atom. The van der Waals surface area contributed by atoms with Gasteiger partial charge in [0.05, 0.1) is 0 Å². The van der Waals surface area contributed by atoms with Crippen LogP contribution in [-0.2, 0) is 0 Å². The van der Waals surface area contributed by atoms with Crippen LogP contribution in [0.4, 0.5) is 10.1 Å². The van der Waals surface area contributed by atoms with Gasteiger partial charge in [-0.05, 0) is 63.8 Å². The van der Waals surface area contributed by atoms with Crippen LogP contribution in [0.25, 0.3) is 0 Å². The zero-order valence-corrected chi connectivity index (χ0v) is 14.5. The van der Waals surface area contributed by atoms with Crippen LogP contribution in [0.5, 0.6) is 0 Å². The molecule has 1 aromatic carbocycles. The van der Waals surface area contributed by atoms with Crippen molar-refractivity contribution in [3.8, 4) is 0 Å². The topological polar surface area (TPSA) is 15.3 Å². The van der Waals surface area contributed by atoms with Gasteiger partial charge in [-0.15, -0.1) is 0 Å². The summed E-state index contributed by atoms with van der Waals surface area (Å²) in [7, 11) is 0. The maximum atomic E-state index is 13.1. The molecule has 0 radical (unpaired) electrons. The van der Waals surface area contributed by atoms with Gasteiger partial charge in [-0.2, -0.15) is 0 Å². The van der Waals surface area contributed by atoms with E-state index >= 15 is 0 Å². The Balaban J connectivity index is 2.78. The monoisotopic (exact) mass is 294 g/mol. The maximum Gasteiger partial charge on any atom is 0.123 e. The molecule has 0 aromatic heterocycles. The molecule has 2 nitrogen and oxygen atoms in total. The lowest BCUT2D eigenvalue weighted by Crippen LogP contribution is -2.47. The largest absolute Gasteiger partial charge is 0.371 e. The van der Waals surface area contributed by atoms with E-state index in [1.54, 1.807) is 0 Å². The lowest BCUT2D eigenvalue weighted by Gasteiger charge is -2.38. The molecule has 0 saturated carbocycles. The predicted octanol–water partition coefficient (Wildman–Crippen LogP) is 4.46. The molecule has 0 saturated heterocycles. The molecule has 0 amide bonds. The molecule has 0 spiro atoms. The predicted molar refractivity (Wildman–Crippen MR) is 90.4 cm³/mol. The van der Waals surface area contributed by atoms with Crippen molar-refractivity contribution in [3.63, 3.8) is 0 Å². The van der Waals surface area contributed by atoms with Crippen LogP contribution in [0.3, 0.4) is 0 Å². The van der Waals surface area contributed by atoms with Gasteiger partial charge in [0.25, 0.3) is 0 Å². The van der Waals surface area contributed by atoms with Crippen molar-refractivity contribution in [2.75, 3.05) is 24.5 Å². The molecular formula is C18H31FN2. The third-order valence-electron chi connectivity index (χ3n) is 4.05. The molecule has 0 fully saturated rings. The Hall–Kier alpha value is -1.09. The molecule has 1 atom stereocenters. The van der Waals surface area contributed by atoms with E-state index in [1.165, 1.54) is 12.1 Å². The Morgan fingerprint density at radius 2 is 1.62 bits per heavy atom. The number of hydrogen-bond donors (Lipinski definition) is 1. The minimum atomic E-state index is -0.178. The van der Waals surface area contributed by atoms with Crippen molar-refractivity contribution in [1.82, 2.24) is 5.32 Å². The van der Waals surface area contributed by atoms with Crippen molar-refractivity contribution >= 4 is 5.69 Å². The van der Waals surface area contributed by atoms with Gasteiger partial charge in [0.2, 0.25) is 0 Å². The van der Waals surface area contributed by atoms with E-state index < -0.39 is 0 Å². The summed E-state index contributed by atoms with van der Waals surface area (Å²) in [5, 5.41) is 3.62. The van der Waals surface area contributed by atoms with Gasteiger partial charge < -0.3 is 10.2 Å². The van der Waals surface area contributed by atoms with E-state index in [0.29, 0.717) is 0 Å². The third-order valence-corrected chi connectivity index (χ3v) is 4.05. The first-order valence-corrected chi connectivity index (χ1v) is 7.94. The van der Waals surface area contributed by atoms with E-state index in [9.17, 15) is 4.39 Å². The minimum absolute atomic E-state index is 0.128. The normalized spacial score (nSPS) is 14.8. The second kappa shape index (κ2) is 7.26. The molecule has 0 aliphatic rings. The number of halogens is 1. The van der Waals surface area contributed by atoms with E-state index in [-0.39, 0.29) is 16.8 Å². The summed E-state index contributed by atoms with van der Waals surface area (Å²) in [4.78, 5) is 2.33. The Bertz CT molecular complexity index is 422. The zero-order valence-electron chi connectivity index (χ0n) is 14.5. The summed E-state index contributed by atoms with van der Waals surface area (Å²) >= 11 is 0. The summed E-state index contributed by atoms with van der Waals surface area (Å²) in [6, 6.07) is 6.81. The van der Waals surface area contributed by atoms with Gasteiger partial charge >= 0.3 is 0 Å². The van der Waals surface area contributed by atoms with Crippen molar-refractivity contribution in [2.45, 2.75) is 53.5 Å². The van der Waals surface area contributed by atoms with Gasteiger partial charge in [-0.25, -0.2) is 4.39 Å². The van der Waals surface area contributed by atoms with Crippen molar-refractivity contribution in [2.24, 2.45) is 5.41 Å². The van der Waals surface area contributed by atoms with Crippen molar-refractivity contribution in [1.29, 1.82) is 0 Å². The summed E-state index contributed by atoms with van der Waals surface area (Å²) in [5.41, 5.74) is 1.41. The highest BCUT2D eigenvalue weighted by Crippen LogP contribution is 2.26. The number of benzene rings is 1. The van der Waals surface area contributed by atoms with E-state index in [0.717, 1.165) is 31.7 Å². The first kappa shape index (κ1) is 18.0. The summed E-state index contributed by atoms with van der Waals surface area (Å²) in [5.74, 6) is -0.178. The third kappa shape index (κ3) is 6.04. The molecule has 3 heteroatoms. The van der Waals surface area contributed by atoms with E-state index in [1.807, 2.05) is 12.1 Å². The van der Waals surface area contributed by atoms with Crippen LogP contribution >= 0.6 is 0 Å². The number of nitrogens with zero attached hydrogens (tertiary/aromatic N) is 1. The molecule has 0 bridgehead atoms. The van der Waals surface area contributed by atoms with Crippen LogP contribution in [0.2, 0.25) is 0 Å². The Kier molecular flexibility index (Phi) is 6.21. The molecule has 21 heavy (non-hydrogen) atoms. The molecule has 0 aliphatic heterocycles. The number of nitrogens with one attached hydrogen (secondary N) is 1. The summed E-state index contributed by atoms with van der Waals surface area (Å²) in [6.45, 7) is 16.2. The van der Waals surface area contributed by atoms with E-state index in [2.05, 4.69) is 51.8 Å². The van der Waals surface area contributed by atoms with Gasteiger partial charge in [0.15, 0.2) is 0 Å². The lowest BCUT2D eigenvalue weighted by atomic mass is 9.85. The molecule has 0 heterocycles. The summed E-state index contributed by atoms with van der Waals surface area (Å²) in [6.07, 6.45) is 1.10. The minimum Gasteiger partial charge on any atom is -0.371 e. The summed E-state index contributed by atoms with van der Waals surface area (Å²) < 4.78 is 13.1.